The molecule has 1 aliphatic rings. The normalized spacial score (nSPS) is 14.9. The van der Waals surface area contributed by atoms with Gasteiger partial charge in [0.05, 0.1) is 12.2 Å². The lowest BCUT2D eigenvalue weighted by atomic mass is 10.2. The molecule has 0 atom stereocenters. The minimum atomic E-state index is -4.41. The maximum atomic E-state index is 12.6. The number of nitrogens with one attached hydrogen (secondary N) is 1. The maximum absolute atomic E-state index is 12.6. The van der Waals surface area contributed by atoms with Gasteiger partial charge in [0.2, 0.25) is 5.91 Å². The van der Waals surface area contributed by atoms with E-state index >= 15 is 0 Å². The molecule has 10 heteroatoms. The fraction of sp³-hybridized carbons (Fsp3) is 0.562. The predicted molar refractivity (Wildman–Crippen MR) is 87.7 cm³/mol. The summed E-state index contributed by atoms with van der Waals surface area (Å²) in [5.41, 5.74) is -0.788. The van der Waals surface area contributed by atoms with E-state index in [0.29, 0.717) is 32.0 Å². The predicted octanol–water partition coefficient (Wildman–Crippen LogP) is 1.89. The second-order valence-corrected chi connectivity index (χ2v) is 5.67. The van der Waals surface area contributed by atoms with Gasteiger partial charge in [-0.3, -0.25) is 4.79 Å². The molecule has 0 saturated carbocycles. The second-order valence-electron chi connectivity index (χ2n) is 5.67. The van der Waals surface area contributed by atoms with E-state index < -0.39 is 17.8 Å². The van der Waals surface area contributed by atoms with Gasteiger partial charge in [-0.1, -0.05) is 0 Å². The van der Waals surface area contributed by atoms with E-state index in [4.69, 9.17) is 4.74 Å². The number of nitrogens with zero attached hydrogens (tertiary/aromatic N) is 3. The van der Waals surface area contributed by atoms with Gasteiger partial charge < -0.3 is 19.9 Å². The van der Waals surface area contributed by atoms with Crippen molar-refractivity contribution in [1.29, 1.82) is 0 Å². The number of carbonyl (C=O) groups is 2. The van der Waals surface area contributed by atoms with Crippen molar-refractivity contribution >= 4 is 17.8 Å². The Morgan fingerprint density at radius 3 is 2.46 bits per heavy atom. The van der Waals surface area contributed by atoms with Crippen LogP contribution in [-0.2, 0) is 15.7 Å². The lowest BCUT2D eigenvalue weighted by Gasteiger charge is -2.35. The number of hydrogen-bond donors (Lipinski definition) is 1. The Morgan fingerprint density at radius 2 is 1.92 bits per heavy atom. The Hall–Kier alpha value is -2.52. The van der Waals surface area contributed by atoms with E-state index in [-0.39, 0.29) is 25.5 Å². The van der Waals surface area contributed by atoms with Crippen LogP contribution in [0.3, 0.4) is 0 Å². The molecule has 1 saturated heterocycles. The summed E-state index contributed by atoms with van der Waals surface area (Å²) in [4.78, 5) is 30.6. The zero-order chi connectivity index (χ0) is 19.2. The molecule has 1 N–H and O–H groups in total. The van der Waals surface area contributed by atoms with Crippen LogP contribution in [0.15, 0.2) is 18.3 Å². The third kappa shape index (κ3) is 5.50. The number of rotatable bonds is 5. The van der Waals surface area contributed by atoms with E-state index in [1.54, 1.807) is 11.8 Å². The number of amides is 2. The fourth-order valence-corrected chi connectivity index (χ4v) is 2.54. The molecule has 26 heavy (non-hydrogen) atoms. The molecule has 1 aliphatic heterocycles. The van der Waals surface area contributed by atoms with Crippen molar-refractivity contribution in [3.63, 3.8) is 0 Å². The standard InChI is InChI=1S/C16H21F3N4O3/c1-2-26-15(25)20-6-5-14(24)23-9-7-22(8-10-23)13-4-3-12(11-21-13)16(17,18)19/h3-4,11H,2,5-10H2,1H3,(H,20,25). The molecule has 2 amide bonds. The smallest absolute Gasteiger partial charge is 0.417 e. The van der Waals surface area contributed by atoms with Gasteiger partial charge >= 0.3 is 12.3 Å². The van der Waals surface area contributed by atoms with E-state index in [2.05, 4.69) is 10.3 Å². The Labute approximate surface area is 149 Å². The van der Waals surface area contributed by atoms with Gasteiger partial charge in [-0.15, -0.1) is 0 Å². The minimum Gasteiger partial charge on any atom is -0.450 e. The molecule has 144 valence electrons. The third-order valence-corrected chi connectivity index (χ3v) is 3.92. The quantitative estimate of drug-likeness (QED) is 0.852. The number of hydrogen-bond acceptors (Lipinski definition) is 5. The summed E-state index contributed by atoms with van der Waals surface area (Å²) in [5, 5.41) is 2.48. The molecular weight excluding hydrogens is 353 g/mol. The summed E-state index contributed by atoms with van der Waals surface area (Å²) in [6.07, 6.45) is -3.99. The number of pyridine rings is 1. The monoisotopic (exact) mass is 374 g/mol. The van der Waals surface area contributed by atoms with Gasteiger partial charge in [-0.05, 0) is 19.1 Å². The summed E-state index contributed by atoms with van der Waals surface area (Å²) in [7, 11) is 0. The number of alkyl carbamates (subject to hydrolysis) is 1. The second kappa shape index (κ2) is 8.72. The minimum absolute atomic E-state index is 0.0955. The topological polar surface area (TPSA) is 74.8 Å². The summed E-state index contributed by atoms with van der Waals surface area (Å²) in [6.45, 7) is 4.00. The van der Waals surface area contributed by atoms with Crippen molar-refractivity contribution in [3.05, 3.63) is 23.9 Å². The first-order valence-corrected chi connectivity index (χ1v) is 8.28. The van der Waals surface area contributed by atoms with Crippen LogP contribution < -0.4 is 10.2 Å². The average molecular weight is 374 g/mol. The molecule has 1 aromatic rings. The number of carbonyl (C=O) groups excluding carboxylic acids is 2. The van der Waals surface area contributed by atoms with Gasteiger partial charge in [0.25, 0.3) is 0 Å². The SMILES string of the molecule is CCOC(=O)NCCC(=O)N1CCN(c2ccc(C(F)(F)F)cn2)CC1. The highest BCUT2D eigenvalue weighted by atomic mass is 19.4. The molecule has 1 aromatic heterocycles. The number of anilines is 1. The van der Waals surface area contributed by atoms with Crippen LogP contribution in [0.25, 0.3) is 0 Å². The Kier molecular flexibility index (Phi) is 6.64. The molecular formula is C16H21F3N4O3. The van der Waals surface area contributed by atoms with Crippen LogP contribution >= 0.6 is 0 Å². The highest BCUT2D eigenvalue weighted by molar-refractivity contribution is 5.77. The first kappa shape index (κ1) is 19.8. The molecule has 1 fully saturated rings. The average Bonchev–Trinajstić information content (AvgIpc) is 2.61. The van der Waals surface area contributed by atoms with Crippen molar-refractivity contribution in [2.24, 2.45) is 0 Å². The molecule has 0 radical (unpaired) electrons. The van der Waals surface area contributed by atoms with Crippen molar-refractivity contribution in [3.8, 4) is 0 Å². The first-order chi connectivity index (χ1) is 12.3. The number of alkyl halides is 3. The molecule has 2 rings (SSSR count). The lowest BCUT2D eigenvalue weighted by molar-refractivity contribution is -0.137. The number of ether oxygens (including phenoxy) is 1. The van der Waals surface area contributed by atoms with E-state index in [0.717, 1.165) is 12.3 Å². The zero-order valence-electron chi connectivity index (χ0n) is 14.4. The van der Waals surface area contributed by atoms with Gasteiger partial charge in [0, 0.05) is 45.3 Å². The summed E-state index contributed by atoms with van der Waals surface area (Å²) in [6, 6.07) is 2.34. The van der Waals surface area contributed by atoms with E-state index in [1.165, 1.54) is 6.07 Å². The number of halogens is 3. The highest BCUT2D eigenvalue weighted by Crippen LogP contribution is 2.29. The van der Waals surface area contributed by atoms with Crippen LogP contribution in [0.1, 0.15) is 18.9 Å². The van der Waals surface area contributed by atoms with Crippen molar-refractivity contribution in [2.75, 3.05) is 44.2 Å². The Balaban J connectivity index is 1.78. The molecule has 0 aliphatic carbocycles. The van der Waals surface area contributed by atoms with E-state index in [1.807, 2.05) is 4.90 Å². The highest BCUT2D eigenvalue weighted by Gasteiger charge is 2.31. The summed E-state index contributed by atoms with van der Waals surface area (Å²) < 4.78 is 42.4. The van der Waals surface area contributed by atoms with E-state index in [9.17, 15) is 22.8 Å². The molecule has 7 nitrogen and oxygen atoms in total. The van der Waals surface area contributed by atoms with Gasteiger partial charge in [-0.25, -0.2) is 9.78 Å². The van der Waals surface area contributed by atoms with Gasteiger partial charge in [0.15, 0.2) is 0 Å². The molecule has 2 heterocycles. The zero-order valence-corrected chi connectivity index (χ0v) is 14.4. The molecule has 0 spiro atoms. The lowest BCUT2D eigenvalue weighted by Crippen LogP contribution is -2.49. The number of aromatic nitrogens is 1. The number of piperazine rings is 1. The van der Waals surface area contributed by atoms with Gasteiger partial charge in [0.1, 0.15) is 5.82 Å². The first-order valence-electron chi connectivity index (χ1n) is 8.28. The molecule has 0 unspecified atom stereocenters. The fourth-order valence-electron chi connectivity index (χ4n) is 2.54. The Bertz CT molecular complexity index is 614. The van der Waals surface area contributed by atoms with Crippen LogP contribution in [0.2, 0.25) is 0 Å². The molecule has 0 aromatic carbocycles. The maximum Gasteiger partial charge on any atom is 0.417 e. The van der Waals surface area contributed by atoms with Crippen molar-refractivity contribution < 1.29 is 27.5 Å². The Morgan fingerprint density at radius 1 is 1.23 bits per heavy atom. The van der Waals surface area contributed by atoms with Crippen LogP contribution in [0, 0.1) is 0 Å². The van der Waals surface area contributed by atoms with Crippen LogP contribution in [0.4, 0.5) is 23.8 Å². The van der Waals surface area contributed by atoms with Crippen molar-refractivity contribution in [2.45, 2.75) is 19.5 Å². The summed E-state index contributed by atoms with van der Waals surface area (Å²) >= 11 is 0. The van der Waals surface area contributed by atoms with Gasteiger partial charge in [-0.2, -0.15) is 13.2 Å². The van der Waals surface area contributed by atoms with Crippen molar-refractivity contribution in [1.82, 2.24) is 15.2 Å². The largest absolute Gasteiger partial charge is 0.450 e. The summed E-state index contributed by atoms with van der Waals surface area (Å²) in [5.74, 6) is 0.357. The van der Waals surface area contributed by atoms with Crippen LogP contribution in [-0.4, -0.2) is 61.2 Å². The van der Waals surface area contributed by atoms with Crippen LogP contribution in [0.5, 0.6) is 0 Å². The third-order valence-electron chi connectivity index (χ3n) is 3.92. The molecule has 0 bridgehead atoms.